The lowest BCUT2D eigenvalue weighted by Crippen LogP contribution is -2.36. The fourth-order valence-electron chi connectivity index (χ4n) is 5.19. The number of aliphatic hydroxyl groups is 1. The summed E-state index contributed by atoms with van der Waals surface area (Å²) in [6, 6.07) is 28.1. The molecule has 0 aliphatic heterocycles. The van der Waals surface area contributed by atoms with Crippen molar-refractivity contribution in [2.24, 2.45) is 0 Å². The SMILES string of the molecule is CCCCCCCCCCOCCOCCOCC(O)COC(c1ccccc1)(c1ccccc1)c1ccc(OC)cc1. The van der Waals surface area contributed by atoms with Crippen molar-refractivity contribution in [1.82, 2.24) is 0 Å². The Kier molecular flexibility index (Phi) is 17.0. The first-order valence-corrected chi connectivity index (χ1v) is 16.0. The molecule has 0 saturated heterocycles. The van der Waals surface area contributed by atoms with Crippen LogP contribution in [-0.2, 0) is 24.5 Å². The lowest BCUT2D eigenvalue weighted by Gasteiger charge is -2.36. The average molecular weight is 593 g/mol. The monoisotopic (exact) mass is 592 g/mol. The third-order valence-electron chi connectivity index (χ3n) is 7.55. The van der Waals surface area contributed by atoms with Gasteiger partial charge in [0.05, 0.1) is 46.8 Å². The molecule has 0 bridgehead atoms. The number of rotatable bonds is 24. The van der Waals surface area contributed by atoms with Gasteiger partial charge in [-0.15, -0.1) is 0 Å². The zero-order valence-corrected chi connectivity index (χ0v) is 26.3. The van der Waals surface area contributed by atoms with Crippen molar-refractivity contribution in [3.05, 3.63) is 102 Å². The van der Waals surface area contributed by atoms with E-state index in [4.69, 9.17) is 23.7 Å². The van der Waals surface area contributed by atoms with Crippen LogP contribution in [0.4, 0.5) is 0 Å². The molecule has 0 radical (unpaired) electrons. The maximum atomic E-state index is 10.8. The van der Waals surface area contributed by atoms with Crippen molar-refractivity contribution in [2.75, 3.05) is 53.4 Å². The van der Waals surface area contributed by atoms with E-state index in [-0.39, 0.29) is 13.2 Å². The van der Waals surface area contributed by atoms with Crippen LogP contribution in [0.3, 0.4) is 0 Å². The van der Waals surface area contributed by atoms with E-state index in [0.717, 1.165) is 35.5 Å². The van der Waals surface area contributed by atoms with Gasteiger partial charge in [-0.25, -0.2) is 0 Å². The van der Waals surface area contributed by atoms with Crippen LogP contribution < -0.4 is 4.74 Å². The van der Waals surface area contributed by atoms with Gasteiger partial charge in [-0.1, -0.05) is 125 Å². The maximum absolute atomic E-state index is 10.8. The fourth-order valence-corrected chi connectivity index (χ4v) is 5.19. The first kappa shape index (κ1) is 34.7. The van der Waals surface area contributed by atoms with Crippen LogP contribution >= 0.6 is 0 Å². The van der Waals surface area contributed by atoms with Gasteiger partial charge in [0.1, 0.15) is 17.5 Å². The highest BCUT2D eigenvalue weighted by Gasteiger charge is 2.38. The highest BCUT2D eigenvalue weighted by Crippen LogP contribution is 2.41. The largest absolute Gasteiger partial charge is 0.497 e. The Bertz CT molecular complexity index is 1030. The molecule has 43 heavy (non-hydrogen) atoms. The molecule has 0 amide bonds. The summed E-state index contributed by atoms with van der Waals surface area (Å²) in [5, 5.41) is 10.8. The molecule has 0 fully saturated rings. The summed E-state index contributed by atoms with van der Waals surface area (Å²) in [5.74, 6) is 0.768. The van der Waals surface area contributed by atoms with E-state index >= 15 is 0 Å². The molecular formula is C37H52O6. The van der Waals surface area contributed by atoms with Gasteiger partial charge in [0, 0.05) is 6.61 Å². The minimum Gasteiger partial charge on any atom is -0.497 e. The average Bonchev–Trinajstić information content (AvgIpc) is 3.06. The zero-order valence-electron chi connectivity index (χ0n) is 26.3. The third-order valence-corrected chi connectivity index (χ3v) is 7.55. The topological polar surface area (TPSA) is 66.4 Å². The van der Waals surface area contributed by atoms with Gasteiger partial charge in [-0.05, 0) is 35.2 Å². The predicted octanol–water partition coefficient (Wildman–Crippen LogP) is 7.56. The van der Waals surface area contributed by atoms with Gasteiger partial charge in [0.25, 0.3) is 0 Å². The minimum absolute atomic E-state index is 0.0866. The molecule has 0 spiro atoms. The van der Waals surface area contributed by atoms with Gasteiger partial charge >= 0.3 is 0 Å². The molecule has 6 heteroatoms. The van der Waals surface area contributed by atoms with Crippen LogP contribution in [0.2, 0.25) is 0 Å². The molecule has 1 atom stereocenters. The number of hydrogen-bond acceptors (Lipinski definition) is 6. The van der Waals surface area contributed by atoms with Crippen molar-refractivity contribution in [3.63, 3.8) is 0 Å². The molecule has 3 aromatic rings. The summed E-state index contributed by atoms with van der Waals surface area (Å²) < 4.78 is 29.1. The van der Waals surface area contributed by atoms with E-state index in [1.807, 2.05) is 60.7 Å². The highest BCUT2D eigenvalue weighted by molar-refractivity contribution is 5.48. The Balaban J connectivity index is 1.41. The molecule has 3 rings (SSSR count). The fraction of sp³-hybridized carbons (Fsp3) is 0.514. The summed E-state index contributed by atoms with van der Waals surface area (Å²) in [6.45, 7) is 5.29. The predicted molar refractivity (Wildman–Crippen MR) is 173 cm³/mol. The van der Waals surface area contributed by atoms with Crippen LogP contribution in [-0.4, -0.2) is 64.6 Å². The quantitative estimate of drug-likeness (QED) is 0.0856. The normalized spacial score (nSPS) is 12.3. The molecule has 1 N–H and O–H groups in total. The molecule has 3 aromatic carbocycles. The van der Waals surface area contributed by atoms with Crippen molar-refractivity contribution in [1.29, 1.82) is 0 Å². The standard InChI is InChI=1S/C37H52O6/c1-3-4-5-6-7-8-9-16-25-40-26-27-41-28-29-42-30-35(38)31-43-37(32-17-12-10-13-18-32,33-19-14-11-15-20-33)34-21-23-36(39-2)24-22-34/h10-15,17-24,35,38H,3-9,16,25-31H2,1-2H3. The van der Waals surface area contributed by atoms with Gasteiger partial charge in [-0.3, -0.25) is 0 Å². The summed E-state index contributed by atoms with van der Waals surface area (Å²) in [7, 11) is 1.65. The van der Waals surface area contributed by atoms with Crippen LogP contribution in [0.25, 0.3) is 0 Å². The number of unbranched alkanes of at least 4 members (excludes halogenated alkanes) is 7. The second-order valence-corrected chi connectivity index (χ2v) is 10.9. The van der Waals surface area contributed by atoms with Crippen molar-refractivity contribution in [3.8, 4) is 5.75 Å². The lowest BCUT2D eigenvalue weighted by molar-refractivity contribution is -0.0700. The van der Waals surface area contributed by atoms with Crippen molar-refractivity contribution < 1.29 is 28.8 Å². The van der Waals surface area contributed by atoms with Gasteiger partial charge in [0.2, 0.25) is 0 Å². The first-order valence-electron chi connectivity index (χ1n) is 16.0. The minimum atomic E-state index is -0.923. The molecule has 0 aliphatic carbocycles. The molecule has 0 saturated carbocycles. The van der Waals surface area contributed by atoms with E-state index in [9.17, 15) is 5.11 Å². The van der Waals surface area contributed by atoms with Crippen molar-refractivity contribution >= 4 is 0 Å². The first-order chi connectivity index (χ1) is 21.2. The van der Waals surface area contributed by atoms with E-state index in [2.05, 4.69) is 31.2 Å². The van der Waals surface area contributed by atoms with E-state index in [1.54, 1.807) is 7.11 Å². The molecule has 6 nitrogen and oxygen atoms in total. The van der Waals surface area contributed by atoms with Gasteiger partial charge < -0.3 is 28.8 Å². The number of ether oxygens (including phenoxy) is 5. The van der Waals surface area contributed by atoms with E-state index in [0.29, 0.717) is 26.4 Å². The van der Waals surface area contributed by atoms with Crippen LogP contribution in [0, 0.1) is 0 Å². The smallest absolute Gasteiger partial charge is 0.143 e. The Morgan fingerprint density at radius 2 is 1.05 bits per heavy atom. The Morgan fingerprint density at radius 3 is 1.60 bits per heavy atom. The molecule has 0 aliphatic rings. The number of benzene rings is 3. The molecule has 1 unspecified atom stereocenters. The van der Waals surface area contributed by atoms with Gasteiger partial charge in [0.15, 0.2) is 0 Å². The van der Waals surface area contributed by atoms with E-state index in [1.165, 1.54) is 44.9 Å². The van der Waals surface area contributed by atoms with Crippen LogP contribution in [0.15, 0.2) is 84.9 Å². The number of methoxy groups -OCH3 is 1. The maximum Gasteiger partial charge on any atom is 0.143 e. The summed E-state index contributed by atoms with van der Waals surface area (Å²) in [6.07, 6.45) is 9.59. The Morgan fingerprint density at radius 1 is 0.558 bits per heavy atom. The molecular weight excluding hydrogens is 540 g/mol. The number of aliphatic hydroxyl groups excluding tert-OH is 1. The summed E-state index contributed by atoms with van der Waals surface area (Å²) in [5.41, 5.74) is 1.96. The molecule has 0 heterocycles. The summed E-state index contributed by atoms with van der Waals surface area (Å²) >= 11 is 0. The Labute approximate surface area is 259 Å². The van der Waals surface area contributed by atoms with Crippen molar-refractivity contribution in [2.45, 2.75) is 70.0 Å². The molecule has 0 aromatic heterocycles. The number of hydrogen-bond donors (Lipinski definition) is 1. The second kappa shape index (κ2) is 21.0. The van der Waals surface area contributed by atoms with Crippen LogP contribution in [0.5, 0.6) is 5.75 Å². The highest BCUT2D eigenvalue weighted by atomic mass is 16.6. The second-order valence-electron chi connectivity index (χ2n) is 10.9. The zero-order chi connectivity index (χ0) is 30.4. The molecule has 236 valence electrons. The van der Waals surface area contributed by atoms with Crippen LogP contribution in [0.1, 0.15) is 75.0 Å². The third kappa shape index (κ3) is 12.0. The van der Waals surface area contributed by atoms with E-state index < -0.39 is 11.7 Å². The Hall–Kier alpha value is -2.74. The van der Waals surface area contributed by atoms with Gasteiger partial charge in [-0.2, -0.15) is 0 Å². The lowest BCUT2D eigenvalue weighted by atomic mass is 9.80. The summed E-state index contributed by atoms with van der Waals surface area (Å²) in [4.78, 5) is 0.